The number of nitro benzene ring substituents is 1. The summed E-state index contributed by atoms with van der Waals surface area (Å²) in [7, 11) is 0. The van der Waals surface area contributed by atoms with Crippen molar-refractivity contribution in [1.29, 1.82) is 5.26 Å². The van der Waals surface area contributed by atoms with Crippen molar-refractivity contribution < 1.29 is 4.92 Å². The first-order valence-corrected chi connectivity index (χ1v) is 5.18. The Morgan fingerprint density at radius 3 is 2.82 bits per heavy atom. The van der Waals surface area contributed by atoms with E-state index in [1.807, 2.05) is 17.9 Å². The maximum Gasteiger partial charge on any atom is 0.270 e. The van der Waals surface area contributed by atoms with E-state index in [9.17, 15) is 10.1 Å². The number of likely N-dealkylation sites (N-methyl/N-ethyl adjacent to an activating group) is 1. The maximum atomic E-state index is 10.6. The summed E-state index contributed by atoms with van der Waals surface area (Å²) in [5, 5.41) is 19.6. The first-order valence-electron chi connectivity index (χ1n) is 5.18. The smallest absolute Gasteiger partial charge is 0.270 e. The number of nitrogens with zero attached hydrogens (tertiary/aromatic N) is 3. The fraction of sp³-hybridized carbons (Fsp3) is 0.250. The topological polar surface area (TPSA) is 70.2 Å². The van der Waals surface area contributed by atoms with Crippen LogP contribution in [-0.2, 0) is 0 Å². The van der Waals surface area contributed by atoms with Crippen molar-refractivity contribution >= 4 is 11.4 Å². The summed E-state index contributed by atoms with van der Waals surface area (Å²) >= 11 is 0. The van der Waals surface area contributed by atoms with Gasteiger partial charge in [-0.1, -0.05) is 6.08 Å². The molecule has 0 heterocycles. The van der Waals surface area contributed by atoms with E-state index in [4.69, 9.17) is 5.26 Å². The lowest BCUT2D eigenvalue weighted by molar-refractivity contribution is -0.384. The van der Waals surface area contributed by atoms with Crippen LogP contribution in [0.2, 0.25) is 0 Å². The van der Waals surface area contributed by atoms with Gasteiger partial charge in [0.25, 0.3) is 5.69 Å². The molecular formula is C12H13N3O2. The summed E-state index contributed by atoms with van der Waals surface area (Å²) in [6, 6.07) is 6.28. The molecule has 88 valence electrons. The number of nitriles is 1. The number of hydrogen-bond acceptors (Lipinski definition) is 4. The molecular weight excluding hydrogens is 218 g/mol. The lowest BCUT2D eigenvalue weighted by Gasteiger charge is -2.22. The Morgan fingerprint density at radius 1 is 1.65 bits per heavy atom. The summed E-state index contributed by atoms with van der Waals surface area (Å²) in [5.74, 6) is 0. The zero-order chi connectivity index (χ0) is 12.8. The van der Waals surface area contributed by atoms with Crippen molar-refractivity contribution in [3.8, 4) is 6.07 Å². The molecule has 0 aliphatic rings. The van der Waals surface area contributed by atoms with Crippen molar-refractivity contribution in [1.82, 2.24) is 0 Å². The third kappa shape index (κ3) is 2.82. The van der Waals surface area contributed by atoms with Gasteiger partial charge in [0.2, 0.25) is 0 Å². The van der Waals surface area contributed by atoms with E-state index in [0.29, 0.717) is 24.3 Å². The Labute approximate surface area is 99.7 Å². The van der Waals surface area contributed by atoms with Crippen molar-refractivity contribution in [2.24, 2.45) is 0 Å². The zero-order valence-electron chi connectivity index (χ0n) is 9.59. The second-order valence-corrected chi connectivity index (χ2v) is 3.40. The molecule has 0 bridgehead atoms. The van der Waals surface area contributed by atoms with E-state index < -0.39 is 4.92 Å². The molecule has 5 heteroatoms. The predicted molar refractivity (Wildman–Crippen MR) is 65.9 cm³/mol. The van der Waals surface area contributed by atoms with Crippen molar-refractivity contribution in [2.75, 3.05) is 18.0 Å². The Balaban J connectivity index is 3.20. The quantitative estimate of drug-likeness (QED) is 0.443. The minimum atomic E-state index is -0.506. The largest absolute Gasteiger partial charge is 0.367 e. The van der Waals surface area contributed by atoms with Crippen LogP contribution in [0.4, 0.5) is 11.4 Å². The predicted octanol–water partition coefficient (Wildman–Crippen LogP) is 2.48. The van der Waals surface area contributed by atoms with Crippen LogP contribution >= 0.6 is 0 Å². The van der Waals surface area contributed by atoms with Gasteiger partial charge in [-0.3, -0.25) is 10.1 Å². The molecule has 0 spiro atoms. The highest BCUT2D eigenvalue weighted by atomic mass is 16.6. The molecule has 0 fully saturated rings. The van der Waals surface area contributed by atoms with Gasteiger partial charge in [0.05, 0.1) is 16.2 Å². The van der Waals surface area contributed by atoms with E-state index in [1.54, 1.807) is 12.1 Å². The van der Waals surface area contributed by atoms with E-state index in [0.717, 1.165) is 0 Å². The number of non-ortho nitro benzene ring substituents is 1. The van der Waals surface area contributed by atoms with Crippen molar-refractivity contribution in [2.45, 2.75) is 6.92 Å². The average Bonchev–Trinajstić information content (AvgIpc) is 2.35. The molecule has 1 aromatic carbocycles. The lowest BCUT2D eigenvalue weighted by Crippen LogP contribution is -2.23. The molecule has 0 N–H and O–H groups in total. The van der Waals surface area contributed by atoms with Crippen LogP contribution in [-0.4, -0.2) is 18.0 Å². The molecule has 0 amide bonds. The van der Waals surface area contributed by atoms with E-state index in [-0.39, 0.29) is 5.69 Å². The second-order valence-electron chi connectivity index (χ2n) is 3.40. The van der Waals surface area contributed by atoms with Crippen LogP contribution in [0.15, 0.2) is 30.9 Å². The Bertz CT molecular complexity index is 477. The molecule has 0 unspecified atom stereocenters. The van der Waals surface area contributed by atoms with Crippen LogP contribution in [0, 0.1) is 21.4 Å². The SMILES string of the molecule is C=CCN(CC)c1ccc([N+](=O)[O-])cc1C#N. The van der Waals surface area contributed by atoms with Crippen LogP contribution in [0.25, 0.3) is 0 Å². The van der Waals surface area contributed by atoms with Gasteiger partial charge >= 0.3 is 0 Å². The highest BCUT2D eigenvalue weighted by Gasteiger charge is 2.13. The summed E-state index contributed by atoms with van der Waals surface area (Å²) in [6.07, 6.45) is 1.73. The fourth-order valence-corrected chi connectivity index (χ4v) is 1.56. The first-order chi connectivity index (χ1) is 8.13. The summed E-state index contributed by atoms with van der Waals surface area (Å²) in [4.78, 5) is 12.0. The summed E-state index contributed by atoms with van der Waals surface area (Å²) in [5.41, 5.74) is 0.934. The zero-order valence-corrected chi connectivity index (χ0v) is 9.59. The van der Waals surface area contributed by atoms with Gasteiger partial charge in [0, 0.05) is 25.2 Å². The van der Waals surface area contributed by atoms with Gasteiger partial charge in [-0.05, 0) is 13.0 Å². The number of benzene rings is 1. The Kier molecular flexibility index (Phi) is 4.23. The number of anilines is 1. The van der Waals surface area contributed by atoms with E-state index >= 15 is 0 Å². The van der Waals surface area contributed by atoms with Gasteiger partial charge < -0.3 is 4.90 Å². The van der Waals surface area contributed by atoms with Gasteiger partial charge in [-0.15, -0.1) is 6.58 Å². The highest BCUT2D eigenvalue weighted by Crippen LogP contribution is 2.24. The third-order valence-corrected chi connectivity index (χ3v) is 2.38. The minimum Gasteiger partial charge on any atom is -0.367 e. The molecule has 1 rings (SSSR count). The maximum absolute atomic E-state index is 10.6. The van der Waals surface area contributed by atoms with Crippen LogP contribution in [0.3, 0.4) is 0 Å². The van der Waals surface area contributed by atoms with Crippen LogP contribution < -0.4 is 4.90 Å². The highest BCUT2D eigenvalue weighted by molar-refractivity contribution is 5.63. The van der Waals surface area contributed by atoms with Crippen LogP contribution in [0.1, 0.15) is 12.5 Å². The number of nitro groups is 1. The first kappa shape index (κ1) is 12.7. The second kappa shape index (κ2) is 5.66. The molecule has 0 radical (unpaired) electrons. The Hall–Kier alpha value is -2.35. The molecule has 0 aromatic heterocycles. The monoisotopic (exact) mass is 231 g/mol. The number of hydrogen-bond donors (Lipinski definition) is 0. The molecule has 0 saturated carbocycles. The number of rotatable bonds is 5. The molecule has 0 aliphatic carbocycles. The third-order valence-electron chi connectivity index (χ3n) is 2.38. The van der Waals surface area contributed by atoms with Gasteiger partial charge in [-0.25, -0.2) is 0 Å². The summed E-state index contributed by atoms with van der Waals surface area (Å²) < 4.78 is 0. The normalized spacial score (nSPS) is 9.41. The molecule has 0 aliphatic heterocycles. The van der Waals surface area contributed by atoms with Gasteiger partial charge in [0.1, 0.15) is 6.07 Å². The summed E-state index contributed by atoms with van der Waals surface area (Å²) in [6.45, 7) is 6.90. The standard InChI is InChI=1S/C12H13N3O2/c1-3-7-14(4-2)12-6-5-11(15(16)17)8-10(12)9-13/h3,5-6,8H,1,4,7H2,2H3. The van der Waals surface area contributed by atoms with E-state index in [1.165, 1.54) is 12.1 Å². The molecule has 17 heavy (non-hydrogen) atoms. The molecule has 5 nitrogen and oxygen atoms in total. The van der Waals surface area contributed by atoms with Crippen LogP contribution in [0.5, 0.6) is 0 Å². The van der Waals surface area contributed by atoms with Crippen molar-refractivity contribution in [3.63, 3.8) is 0 Å². The van der Waals surface area contributed by atoms with Crippen molar-refractivity contribution in [3.05, 3.63) is 46.5 Å². The van der Waals surface area contributed by atoms with E-state index in [2.05, 4.69) is 6.58 Å². The average molecular weight is 231 g/mol. The fourth-order valence-electron chi connectivity index (χ4n) is 1.56. The molecule has 0 saturated heterocycles. The Morgan fingerprint density at radius 2 is 2.35 bits per heavy atom. The molecule has 0 atom stereocenters. The van der Waals surface area contributed by atoms with Gasteiger partial charge in [-0.2, -0.15) is 5.26 Å². The lowest BCUT2D eigenvalue weighted by atomic mass is 10.1. The van der Waals surface area contributed by atoms with Gasteiger partial charge in [0.15, 0.2) is 0 Å². The minimum absolute atomic E-state index is 0.0695. The molecule has 1 aromatic rings.